The Balaban J connectivity index is 0.00000135. The fourth-order valence-electron chi connectivity index (χ4n) is 2.22. The summed E-state index contributed by atoms with van der Waals surface area (Å²) in [7, 11) is 0. The van der Waals surface area contributed by atoms with Crippen molar-refractivity contribution in [3.8, 4) is 0 Å². The Kier molecular flexibility index (Phi) is 11.7. The molecule has 0 aliphatic carbocycles. The van der Waals surface area contributed by atoms with E-state index in [-0.39, 0.29) is 38.1 Å². The van der Waals surface area contributed by atoms with Gasteiger partial charge in [-0.3, -0.25) is 14.5 Å². The molecule has 2 amide bonds. The van der Waals surface area contributed by atoms with Crippen LogP contribution in [0.15, 0.2) is 0 Å². The monoisotopic (exact) mass is 319 g/mol. The third-order valence-corrected chi connectivity index (χ3v) is 3.27. The molecule has 0 saturated carbocycles. The zero-order valence-corrected chi connectivity index (χ0v) is 12.5. The van der Waals surface area contributed by atoms with E-state index in [1.807, 2.05) is 0 Å². The highest BCUT2D eigenvalue weighted by Crippen LogP contribution is 2.15. The highest BCUT2D eigenvalue weighted by molar-refractivity contribution is 5.74. The van der Waals surface area contributed by atoms with Crippen LogP contribution in [0.25, 0.3) is 0 Å². The van der Waals surface area contributed by atoms with Crippen molar-refractivity contribution in [2.45, 2.75) is 31.7 Å². The minimum atomic E-state index is -0.931. The molecule has 0 aromatic carbocycles. The largest absolute Gasteiger partial charge is 0.483 e. The van der Waals surface area contributed by atoms with Crippen molar-refractivity contribution in [3.05, 3.63) is 0 Å². The maximum Gasteiger partial charge on any atom is 0.314 e. The second kappa shape index (κ2) is 12.8. The maximum absolute atomic E-state index is 11.3. The van der Waals surface area contributed by atoms with Gasteiger partial charge in [0.2, 0.25) is 0 Å². The van der Waals surface area contributed by atoms with Gasteiger partial charge in [0.15, 0.2) is 0 Å². The number of urea groups is 1. The molecule has 1 saturated heterocycles. The number of nitrogens with zero attached hydrogens (tertiary/aromatic N) is 1. The lowest BCUT2D eigenvalue weighted by atomic mass is 10.0. The number of carboxylic acids is 1. The molecule has 1 fully saturated rings. The van der Waals surface area contributed by atoms with Gasteiger partial charge in [0, 0.05) is 25.7 Å². The van der Waals surface area contributed by atoms with Gasteiger partial charge in [0.1, 0.15) is 0 Å². The van der Waals surface area contributed by atoms with Crippen molar-refractivity contribution in [3.63, 3.8) is 0 Å². The summed E-state index contributed by atoms with van der Waals surface area (Å²) in [6, 6.07) is -0.149. The number of aliphatic hydroxyl groups is 1. The average Bonchev–Trinajstić information content (AvgIpc) is 2.48. The summed E-state index contributed by atoms with van der Waals surface area (Å²) in [5.74, 6) is -0.931. The smallest absolute Gasteiger partial charge is 0.314 e. The molecule has 0 bridgehead atoms. The molecule has 1 atom stereocenters. The Hall–Kier alpha value is -1.87. The number of aliphatic carboxylic acids is 1. The predicted molar refractivity (Wildman–Crippen MR) is 78.6 cm³/mol. The van der Waals surface area contributed by atoms with Gasteiger partial charge in [-0.05, 0) is 19.4 Å². The molecule has 22 heavy (non-hydrogen) atoms. The van der Waals surface area contributed by atoms with E-state index in [0.717, 1.165) is 25.8 Å². The van der Waals surface area contributed by atoms with E-state index in [1.54, 1.807) is 0 Å². The summed E-state index contributed by atoms with van der Waals surface area (Å²) in [4.78, 5) is 32.1. The first-order chi connectivity index (χ1) is 10.5. The van der Waals surface area contributed by atoms with Crippen LogP contribution < -0.4 is 10.6 Å². The molecule has 1 aliphatic rings. The first-order valence-electron chi connectivity index (χ1n) is 7.21. The number of carbonyl (C=O) groups is 3. The van der Waals surface area contributed by atoms with Crippen LogP contribution >= 0.6 is 0 Å². The van der Waals surface area contributed by atoms with Gasteiger partial charge in [-0.1, -0.05) is 6.42 Å². The van der Waals surface area contributed by atoms with E-state index < -0.39 is 5.97 Å². The van der Waals surface area contributed by atoms with Crippen LogP contribution in [0.3, 0.4) is 0 Å². The van der Waals surface area contributed by atoms with Crippen molar-refractivity contribution in [1.29, 1.82) is 0 Å². The van der Waals surface area contributed by atoms with E-state index in [0.29, 0.717) is 13.1 Å². The Labute approximate surface area is 129 Å². The normalized spacial score (nSPS) is 17.8. The molecule has 1 aliphatic heterocycles. The van der Waals surface area contributed by atoms with Crippen LogP contribution in [0.1, 0.15) is 25.7 Å². The van der Waals surface area contributed by atoms with Crippen molar-refractivity contribution in [2.75, 3.05) is 32.8 Å². The van der Waals surface area contributed by atoms with Gasteiger partial charge in [-0.2, -0.15) is 0 Å². The van der Waals surface area contributed by atoms with E-state index in [1.165, 1.54) is 0 Å². The summed E-state index contributed by atoms with van der Waals surface area (Å²) in [6.45, 7) is 2.19. The van der Waals surface area contributed by atoms with E-state index in [4.69, 9.17) is 15.0 Å². The number of aliphatic hydroxyl groups excluding tert-OH is 1. The van der Waals surface area contributed by atoms with E-state index >= 15 is 0 Å². The second-order valence-electron chi connectivity index (χ2n) is 4.80. The molecule has 9 heteroatoms. The number of hydrogen-bond donors (Lipinski definition) is 5. The van der Waals surface area contributed by atoms with Crippen LogP contribution in [-0.2, 0) is 9.59 Å². The molecular formula is C13H25N3O6. The highest BCUT2D eigenvalue weighted by Gasteiger charge is 2.20. The zero-order valence-electron chi connectivity index (χ0n) is 12.5. The van der Waals surface area contributed by atoms with Crippen LogP contribution in [0.2, 0.25) is 0 Å². The number of hydrogen-bond acceptors (Lipinski definition) is 5. The van der Waals surface area contributed by atoms with Crippen molar-refractivity contribution < 1.29 is 29.7 Å². The summed E-state index contributed by atoms with van der Waals surface area (Å²) in [5, 5.41) is 29.7. The Morgan fingerprint density at radius 2 is 1.86 bits per heavy atom. The van der Waals surface area contributed by atoms with Crippen LogP contribution in [-0.4, -0.2) is 77.5 Å². The summed E-state index contributed by atoms with van der Waals surface area (Å²) in [6.07, 6.45) is 3.19. The van der Waals surface area contributed by atoms with Crippen LogP contribution in [0, 0.1) is 0 Å². The van der Waals surface area contributed by atoms with Crippen LogP contribution in [0.5, 0.6) is 0 Å². The van der Waals surface area contributed by atoms with Crippen LogP contribution in [0.4, 0.5) is 4.79 Å². The Morgan fingerprint density at radius 3 is 2.45 bits per heavy atom. The summed E-state index contributed by atoms with van der Waals surface area (Å²) >= 11 is 0. The first kappa shape index (κ1) is 20.1. The lowest BCUT2D eigenvalue weighted by Crippen LogP contribution is -2.47. The lowest BCUT2D eigenvalue weighted by molar-refractivity contribution is -0.136. The maximum atomic E-state index is 11.3. The van der Waals surface area contributed by atoms with E-state index in [9.17, 15) is 14.7 Å². The number of likely N-dealkylation sites (tertiary alicyclic amines) is 1. The van der Waals surface area contributed by atoms with E-state index in [2.05, 4.69) is 15.5 Å². The Bertz CT molecular complexity index is 340. The molecule has 9 nitrogen and oxygen atoms in total. The molecule has 0 radical (unpaired) electrons. The molecule has 1 unspecified atom stereocenters. The van der Waals surface area contributed by atoms with Gasteiger partial charge in [0.25, 0.3) is 6.47 Å². The van der Waals surface area contributed by atoms with Crippen molar-refractivity contribution in [2.24, 2.45) is 0 Å². The van der Waals surface area contributed by atoms with Gasteiger partial charge >= 0.3 is 12.0 Å². The number of carbonyl (C=O) groups excluding carboxylic acids is 1. The molecule has 0 spiro atoms. The lowest BCUT2D eigenvalue weighted by Gasteiger charge is -2.34. The Morgan fingerprint density at radius 1 is 1.23 bits per heavy atom. The summed E-state index contributed by atoms with van der Waals surface area (Å²) < 4.78 is 0. The van der Waals surface area contributed by atoms with Crippen molar-refractivity contribution in [1.82, 2.24) is 15.5 Å². The number of carboxylic acid groups (broad SMARTS) is 2. The van der Waals surface area contributed by atoms with Gasteiger partial charge < -0.3 is 26.0 Å². The molecule has 128 valence electrons. The van der Waals surface area contributed by atoms with Crippen molar-refractivity contribution >= 4 is 18.5 Å². The first-order valence-corrected chi connectivity index (χ1v) is 7.21. The highest BCUT2D eigenvalue weighted by atomic mass is 16.4. The third kappa shape index (κ3) is 9.94. The SMILES string of the molecule is O=C(O)CCNC(=O)NCCN1CCCCC1CO.O=CO. The topological polar surface area (TPSA) is 139 Å². The molecule has 0 aromatic rings. The molecule has 0 aromatic heterocycles. The van der Waals surface area contributed by atoms with Gasteiger partial charge in [-0.25, -0.2) is 4.79 Å². The average molecular weight is 319 g/mol. The zero-order chi connectivity index (χ0) is 16.8. The second-order valence-corrected chi connectivity index (χ2v) is 4.80. The standard InChI is InChI=1S/C12H23N3O4.CH2O2/c16-9-10-3-1-2-7-15(10)8-6-14-12(19)13-5-4-11(17)18;2-1-3/h10,16H,1-9H2,(H,17,18)(H2,13,14,19);1H,(H,2,3). The molecule has 1 heterocycles. The van der Waals surface area contributed by atoms with Gasteiger partial charge in [-0.15, -0.1) is 0 Å². The fraction of sp³-hybridized carbons (Fsp3) is 0.769. The summed E-state index contributed by atoms with van der Waals surface area (Å²) in [5.41, 5.74) is 0. The third-order valence-electron chi connectivity index (χ3n) is 3.27. The number of nitrogens with one attached hydrogen (secondary N) is 2. The number of piperidine rings is 1. The molecule has 1 rings (SSSR count). The minimum absolute atomic E-state index is 0.0773. The predicted octanol–water partition coefficient (Wildman–Crippen LogP) is -0.692. The number of amides is 2. The van der Waals surface area contributed by atoms with Gasteiger partial charge in [0.05, 0.1) is 13.0 Å². The molecule has 5 N–H and O–H groups in total. The number of rotatable bonds is 7. The fourth-order valence-corrected chi connectivity index (χ4v) is 2.22. The molecular weight excluding hydrogens is 294 g/mol. The quantitative estimate of drug-likeness (QED) is 0.391. The minimum Gasteiger partial charge on any atom is -0.483 e.